The molecule has 0 aliphatic carbocycles. The Hall–Kier alpha value is -1.73. The molecule has 0 radical (unpaired) electrons. The Kier molecular flexibility index (Phi) is 5.12. The van der Waals surface area contributed by atoms with E-state index in [1.807, 2.05) is 15.8 Å². The minimum atomic E-state index is 0.0424. The summed E-state index contributed by atoms with van der Waals surface area (Å²) in [6.45, 7) is 4.87. The maximum absolute atomic E-state index is 12.5. The van der Waals surface area contributed by atoms with Gasteiger partial charge in [-0.3, -0.25) is 9.69 Å². The summed E-state index contributed by atoms with van der Waals surface area (Å²) < 4.78 is 1.92. The van der Waals surface area contributed by atoms with Crippen molar-refractivity contribution in [3.63, 3.8) is 0 Å². The van der Waals surface area contributed by atoms with Crippen molar-refractivity contribution in [3.8, 4) is 0 Å². The van der Waals surface area contributed by atoms with Crippen molar-refractivity contribution in [2.75, 3.05) is 26.2 Å². The molecule has 0 unspecified atom stereocenters. The first-order chi connectivity index (χ1) is 12.3. The molecule has 0 bridgehead atoms. The lowest BCUT2D eigenvalue weighted by atomic mass is 10.0. The van der Waals surface area contributed by atoms with Crippen LogP contribution >= 0.6 is 11.3 Å². The monoisotopic (exact) mass is 359 g/mol. The van der Waals surface area contributed by atoms with Crippen molar-refractivity contribution in [1.29, 1.82) is 0 Å². The standard InChI is InChI=1S/C18H25N5OS/c24-18(22-7-2-1-3-8-22)17-13-23(20-19-17)16-4-9-21(10-5-16)12-15-6-11-25-14-15/h6,11,13-14,16H,1-5,7-10,12H2. The molecule has 25 heavy (non-hydrogen) atoms. The van der Waals surface area contributed by atoms with E-state index in [0.29, 0.717) is 11.7 Å². The van der Waals surface area contributed by atoms with Crippen LogP contribution in [0, 0.1) is 0 Å². The van der Waals surface area contributed by atoms with Crippen LogP contribution in [0.15, 0.2) is 23.0 Å². The number of nitrogens with zero attached hydrogens (tertiary/aromatic N) is 5. The van der Waals surface area contributed by atoms with E-state index in [1.54, 1.807) is 11.3 Å². The molecule has 2 aromatic rings. The summed E-state index contributed by atoms with van der Waals surface area (Å²) in [5, 5.41) is 12.8. The van der Waals surface area contributed by atoms with Crippen LogP contribution in [-0.2, 0) is 6.54 Å². The number of amides is 1. The van der Waals surface area contributed by atoms with Crippen LogP contribution in [0.4, 0.5) is 0 Å². The number of carbonyl (C=O) groups excluding carboxylic acids is 1. The lowest BCUT2D eigenvalue weighted by Gasteiger charge is -2.31. The lowest BCUT2D eigenvalue weighted by molar-refractivity contribution is 0.0718. The zero-order valence-electron chi connectivity index (χ0n) is 14.5. The van der Waals surface area contributed by atoms with Crippen LogP contribution in [0.25, 0.3) is 0 Å². The maximum Gasteiger partial charge on any atom is 0.276 e. The van der Waals surface area contributed by atoms with E-state index in [-0.39, 0.29) is 5.91 Å². The third-order valence-corrected chi connectivity index (χ3v) is 6.02. The summed E-state index contributed by atoms with van der Waals surface area (Å²) in [5.41, 5.74) is 1.90. The molecule has 2 saturated heterocycles. The fraction of sp³-hybridized carbons (Fsp3) is 0.611. The summed E-state index contributed by atoms with van der Waals surface area (Å²) in [5.74, 6) is 0.0424. The van der Waals surface area contributed by atoms with Crippen LogP contribution in [0.5, 0.6) is 0 Å². The van der Waals surface area contributed by atoms with E-state index >= 15 is 0 Å². The normalized spacial score (nSPS) is 20.1. The molecular formula is C18H25N5OS. The Morgan fingerprint density at radius 2 is 1.96 bits per heavy atom. The highest BCUT2D eigenvalue weighted by atomic mass is 32.1. The Balaban J connectivity index is 1.32. The van der Waals surface area contributed by atoms with Crippen molar-refractivity contribution in [2.45, 2.75) is 44.7 Å². The first-order valence-corrected chi connectivity index (χ1v) is 10.2. The van der Waals surface area contributed by atoms with Crippen molar-refractivity contribution in [3.05, 3.63) is 34.3 Å². The van der Waals surface area contributed by atoms with Crippen LogP contribution < -0.4 is 0 Å². The Morgan fingerprint density at radius 1 is 1.16 bits per heavy atom. The van der Waals surface area contributed by atoms with Gasteiger partial charge in [-0.25, -0.2) is 4.68 Å². The minimum Gasteiger partial charge on any atom is -0.337 e. The van der Waals surface area contributed by atoms with Gasteiger partial charge in [-0.05, 0) is 54.5 Å². The molecule has 2 aliphatic heterocycles. The third-order valence-electron chi connectivity index (χ3n) is 5.29. The topological polar surface area (TPSA) is 54.3 Å². The maximum atomic E-state index is 12.5. The van der Waals surface area contributed by atoms with E-state index < -0.39 is 0 Å². The molecule has 0 spiro atoms. The highest BCUT2D eigenvalue weighted by Crippen LogP contribution is 2.23. The Bertz CT molecular complexity index is 684. The van der Waals surface area contributed by atoms with Crippen LogP contribution in [0.1, 0.15) is 54.2 Å². The Labute approximate surface area is 152 Å². The molecule has 0 N–H and O–H groups in total. The number of rotatable bonds is 4. The number of thiophene rings is 1. The van der Waals surface area contributed by atoms with Gasteiger partial charge in [0.2, 0.25) is 0 Å². The fourth-order valence-electron chi connectivity index (χ4n) is 3.79. The average molecular weight is 359 g/mol. The molecule has 4 heterocycles. The molecule has 2 fully saturated rings. The average Bonchev–Trinajstić information content (AvgIpc) is 3.34. The number of hydrogen-bond acceptors (Lipinski definition) is 5. The second-order valence-corrected chi connectivity index (χ2v) is 7.86. The predicted molar refractivity (Wildman–Crippen MR) is 97.6 cm³/mol. The molecule has 4 rings (SSSR count). The van der Waals surface area contributed by atoms with E-state index in [1.165, 1.54) is 12.0 Å². The largest absolute Gasteiger partial charge is 0.337 e. The summed E-state index contributed by atoms with van der Waals surface area (Å²) in [6.07, 6.45) is 7.40. The number of aromatic nitrogens is 3. The van der Waals surface area contributed by atoms with Crippen molar-refractivity contribution < 1.29 is 4.79 Å². The van der Waals surface area contributed by atoms with Crippen molar-refractivity contribution in [1.82, 2.24) is 24.8 Å². The van der Waals surface area contributed by atoms with Gasteiger partial charge in [0.25, 0.3) is 5.91 Å². The van der Waals surface area contributed by atoms with Gasteiger partial charge in [0.15, 0.2) is 5.69 Å². The van der Waals surface area contributed by atoms with Gasteiger partial charge in [0, 0.05) is 32.7 Å². The van der Waals surface area contributed by atoms with E-state index in [9.17, 15) is 4.79 Å². The molecule has 0 atom stereocenters. The second-order valence-electron chi connectivity index (χ2n) is 7.08. The van der Waals surface area contributed by atoms with Gasteiger partial charge in [-0.2, -0.15) is 11.3 Å². The number of likely N-dealkylation sites (tertiary alicyclic amines) is 2. The zero-order chi connectivity index (χ0) is 17.1. The predicted octanol–water partition coefficient (Wildman–Crippen LogP) is 2.80. The second kappa shape index (κ2) is 7.66. The summed E-state index contributed by atoms with van der Waals surface area (Å²) >= 11 is 1.76. The molecule has 2 aromatic heterocycles. The van der Waals surface area contributed by atoms with Crippen LogP contribution in [0.3, 0.4) is 0 Å². The quantitative estimate of drug-likeness (QED) is 0.842. The van der Waals surface area contributed by atoms with Gasteiger partial charge in [-0.15, -0.1) is 5.10 Å². The van der Waals surface area contributed by atoms with E-state index in [0.717, 1.165) is 58.4 Å². The van der Waals surface area contributed by atoms with Gasteiger partial charge >= 0.3 is 0 Å². The molecule has 1 amide bonds. The first kappa shape index (κ1) is 16.7. The van der Waals surface area contributed by atoms with Crippen LogP contribution in [-0.4, -0.2) is 56.9 Å². The van der Waals surface area contributed by atoms with Gasteiger partial charge in [-0.1, -0.05) is 5.21 Å². The molecule has 0 saturated carbocycles. The smallest absolute Gasteiger partial charge is 0.276 e. The fourth-order valence-corrected chi connectivity index (χ4v) is 4.45. The van der Waals surface area contributed by atoms with Crippen LogP contribution in [0.2, 0.25) is 0 Å². The minimum absolute atomic E-state index is 0.0424. The third kappa shape index (κ3) is 3.93. The van der Waals surface area contributed by atoms with Crippen molar-refractivity contribution >= 4 is 17.2 Å². The van der Waals surface area contributed by atoms with Gasteiger partial charge in [0.05, 0.1) is 12.2 Å². The number of piperidine rings is 2. The molecule has 6 nitrogen and oxygen atoms in total. The number of carbonyl (C=O) groups is 1. The summed E-state index contributed by atoms with van der Waals surface area (Å²) in [4.78, 5) is 16.9. The molecular weight excluding hydrogens is 334 g/mol. The molecule has 134 valence electrons. The molecule has 0 aromatic carbocycles. The number of hydrogen-bond donors (Lipinski definition) is 0. The first-order valence-electron chi connectivity index (χ1n) is 9.24. The van der Waals surface area contributed by atoms with E-state index in [4.69, 9.17) is 0 Å². The molecule has 2 aliphatic rings. The SMILES string of the molecule is O=C(c1cn(C2CCN(Cc3ccsc3)CC2)nn1)N1CCCCC1. The van der Waals surface area contributed by atoms with Crippen molar-refractivity contribution in [2.24, 2.45) is 0 Å². The highest BCUT2D eigenvalue weighted by molar-refractivity contribution is 7.07. The van der Waals surface area contributed by atoms with E-state index in [2.05, 4.69) is 32.0 Å². The van der Waals surface area contributed by atoms with Gasteiger partial charge in [0.1, 0.15) is 0 Å². The highest BCUT2D eigenvalue weighted by Gasteiger charge is 2.25. The zero-order valence-corrected chi connectivity index (χ0v) is 15.3. The lowest BCUT2D eigenvalue weighted by Crippen LogP contribution is -2.36. The Morgan fingerprint density at radius 3 is 2.68 bits per heavy atom. The van der Waals surface area contributed by atoms with Gasteiger partial charge < -0.3 is 4.90 Å². The summed E-state index contributed by atoms with van der Waals surface area (Å²) in [7, 11) is 0. The summed E-state index contributed by atoms with van der Waals surface area (Å²) in [6, 6.07) is 2.56. The molecule has 7 heteroatoms.